The van der Waals surface area contributed by atoms with Crippen LogP contribution >= 0.6 is 0 Å². The molecule has 2 aromatic heterocycles. The first-order valence-corrected chi connectivity index (χ1v) is 5.47. The third-order valence-corrected chi connectivity index (χ3v) is 3.00. The van der Waals surface area contributed by atoms with Crippen molar-refractivity contribution in [1.29, 1.82) is 0 Å². The molecule has 3 heterocycles. The van der Waals surface area contributed by atoms with Gasteiger partial charge >= 0.3 is 0 Å². The lowest BCUT2D eigenvalue weighted by molar-refractivity contribution is -0.00835. The van der Waals surface area contributed by atoms with Crippen molar-refractivity contribution in [2.75, 3.05) is 0 Å². The molecule has 0 bridgehead atoms. The number of hydrogen-bond donors (Lipinski definition) is 0. The lowest BCUT2D eigenvalue weighted by Gasteiger charge is -2.25. The van der Waals surface area contributed by atoms with Crippen LogP contribution in [0.15, 0.2) is 18.3 Å². The minimum Gasteiger partial charge on any atom is -0.369 e. The van der Waals surface area contributed by atoms with E-state index in [-0.39, 0.29) is 18.0 Å². The van der Waals surface area contributed by atoms with Crippen LogP contribution < -0.4 is 0 Å². The van der Waals surface area contributed by atoms with Crippen molar-refractivity contribution in [3.8, 4) is 0 Å². The fourth-order valence-corrected chi connectivity index (χ4v) is 2.40. The lowest BCUT2D eigenvalue weighted by Crippen LogP contribution is -2.22. The third kappa shape index (κ3) is 1.33. The number of ether oxygens (including phenoxy) is 1. The van der Waals surface area contributed by atoms with Crippen molar-refractivity contribution in [2.24, 2.45) is 0 Å². The van der Waals surface area contributed by atoms with Crippen molar-refractivity contribution in [2.45, 2.75) is 32.5 Å². The van der Waals surface area contributed by atoms with E-state index in [1.54, 1.807) is 10.5 Å². The maximum absolute atomic E-state index is 13.2. The zero-order valence-corrected chi connectivity index (χ0v) is 9.27. The molecular formula is C12H13FN2O. The highest BCUT2D eigenvalue weighted by molar-refractivity contribution is 5.44. The number of rotatable bonds is 0. The number of nitrogens with zero attached hydrogens (tertiary/aromatic N) is 2. The summed E-state index contributed by atoms with van der Waals surface area (Å²) in [6.45, 7) is 4.01. The summed E-state index contributed by atoms with van der Waals surface area (Å²) in [5.41, 5.74) is 2.79. The van der Waals surface area contributed by atoms with Gasteiger partial charge in [0.05, 0.1) is 23.6 Å². The minimum absolute atomic E-state index is 0.0319. The largest absolute Gasteiger partial charge is 0.369 e. The number of aromatic nitrogens is 2. The molecule has 0 N–H and O–H groups in total. The summed E-state index contributed by atoms with van der Waals surface area (Å²) in [5.74, 6) is -0.251. The van der Waals surface area contributed by atoms with Gasteiger partial charge in [0.2, 0.25) is 0 Å². The molecule has 0 radical (unpaired) electrons. The molecule has 3 nitrogen and oxygen atoms in total. The van der Waals surface area contributed by atoms with Crippen LogP contribution in [0.2, 0.25) is 0 Å². The molecule has 0 aromatic carbocycles. The Hall–Kier alpha value is -1.42. The van der Waals surface area contributed by atoms with Gasteiger partial charge in [0.15, 0.2) is 0 Å². The van der Waals surface area contributed by atoms with E-state index >= 15 is 0 Å². The average Bonchev–Trinajstić information content (AvgIpc) is 2.54. The Labute approximate surface area is 92.9 Å². The second-order valence-corrected chi connectivity index (χ2v) is 4.31. The van der Waals surface area contributed by atoms with Crippen LogP contribution in [0.4, 0.5) is 4.39 Å². The summed E-state index contributed by atoms with van der Waals surface area (Å²) >= 11 is 0. The molecule has 0 spiro atoms. The van der Waals surface area contributed by atoms with Gasteiger partial charge in [0, 0.05) is 12.6 Å². The minimum atomic E-state index is -0.251. The smallest absolute Gasteiger partial charge is 0.139 e. The Kier molecular flexibility index (Phi) is 2.01. The zero-order chi connectivity index (χ0) is 11.3. The summed E-state index contributed by atoms with van der Waals surface area (Å²) in [4.78, 5) is 4.51. The molecule has 1 aliphatic heterocycles. The maximum Gasteiger partial charge on any atom is 0.139 e. The summed E-state index contributed by atoms with van der Waals surface area (Å²) in [6, 6.07) is 3.13. The summed E-state index contributed by atoms with van der Waals surface area (Å²) in [7, 11) is 0. The van der Waals surface area contributed by atoms with Crippen molar-refractivity contribution >= 4 is 5.65 Å². The van der Waals surface area contributed by atoms with Crippen LogP contribution in [0.3, 0.4) is 0 Å². The summed E-state index contributed by atoms with van der Waals surface area (Å²) in [6.07, 6.45) is 2.41. The molecule has 2 unspecified atom stereocenters. The molecule has 2 atom stereocenters. The predicted molar refractivity (Wildman–Crippen MR) is 57.8 cm³/mol. The molecule has 0 fully saturated rings. The molecule has 84 valence electrons. The Balaban J connectivity index is 2.27. The van der Waals surface area contributed by atoms with Gasteiger partial charge in [-0.25, -0.2) is 9.37 Å². The molecular weight excluding hydrogens is 207 g/mol. The summed E-state index contributed by atoms with van der Waals surface area (Å²) in [5, 5.41) is 0. The highest BCUT2D eigenvalue weighted by Crippen LogP contribution is 2.30. The number of halogens is 1. The Morgan fingerprint density at radius 2 is 2.25 bits per heavy atom. The number of pyridine rings is 1. The first-order valence-electron chi connectivity index (χ1n) is 5.47. The normalized spacial score (nSPS) is 24.7. The molecule has 0 aliphatic carbocycles. The molecule has 0 saturated carbocycles. The summed E-state index contributed by atoms with van der Waals surface area (Å²) < 4.78 is 20.7. The monoisotopic (exact) mass is 220 g/mol. The van der Waals surface area contributed by atoms with Gasteiger partial charge in [-0.05, 0) is 26.0 Å². The second-order valence-electron chi connectivity index (χ2n) is 4.31. The van der Waals surface area contributed by atoms with E-state index in [0.29, 0.717) is 0 Å². The van der Waals surface area contributed by atoms with Gasteiger partial charge in [-0.15, -0.1) is 0 Å². The van der Waals surface area contributed by atoms with Gasteiger partial charge in [-0.1, -0.05) is 0 Å². The highest BCUT2D eigenvalue weighted by Gasteiger charge is 2.26. The predicted octanol–water partition coefficient (Wildman–Crippen LogP) is 2.50. The maximum atomic E-state index is 13.2. The first kappa shape index (κ1) is 9.78. The standard InChI is InChI=1S/C12H13FN2O/c1-7-5-10-12(8(2)16-7)15-6-9(13)3-4-11(15)14-10/h3-4,6-8H,5H2,1-2H3. The topological polar surface area (TPSA) is 26.5 Å². The van der Waals surface area contributed by atoms with Gasteiger partial charge in [-0.3, -0.25) is 4.40 Å². The van der Waals surface area contributed by atoms with Crippen LogP contribution in [0.25, 0.3) is 5.65 Å². The SMILES string of the molecule is CC1Cc2nc3ccc(F)cn3c2C(C)O1. The molecule has 16 heavy (non-hydrogen) atoms. The van der Waals surface area contributed by atoms with Crippen LogP contribution in [-0.4, -0.2) is 15.5 Å². The zero-order valence-electron chi connectivity index (χ0n) is 9.27. The van der Waals surface area contributed by atoms with E-state index in [4.69, 9.17) is 4.74 Å². The molecule has 3 rings (SSSR count). The van der Waals surface area contributed by atoms with E-state index in [9.17, 15) is 4.39 Å². The number of fused-ring (bicyclic) bond motifs is 3. The molecule has 0 saturated heterocycles. The molecule has 2 aromatic rings. The van der Waals surface area contributed by atoms with Crippen molar-refractivity contribution in [3.63, 3.8) is 0 Å². The van der Waals surface area contributed by atoms with E-state index < -0.39 is 0 Å². The first-order chi connectivity index (χ1) is 7.65. The number of imidazole rings is 1. The Morgan fingerprint density at radius 1 is 1.44 bits per heavy atom. The lowest BCUT2D eigenvalue weighted by atomic mass is 10.1. The van der Waals surface area contributed by atoms with Crippen molar-refractivity contribution in [3.05, 3.63) is 35.5 Å². The molecule has 0 amide bonds. The van der Waals surface area contributed by atoms with Crippen LogP contribution in [-0.2, 0) is 11.2 Å². The van der Waals surface area contributed by atoms with Crippen LogP contribution in [0.5, 0.6) is 0 Å². The molecule has 4 heteroatoms. The average molecular weight is 220 g/mol. The van der Waals surface area contributed by atoms with E-state index in [0.717, 1.165) is 23.5 Å². The van der Waals surface area contributed by atoms with E-state index in [1.165, 1.54) is 12.3 Å². The quantitative estimate of drug-likeness (QED) is 0.682. The fraction of sp³-hybridized carbons (Fsp3) is 0.417. The van der Waals surface area contributed by atoms with Gasteiger partial charge in [-0.2, -0.15) is 0 Å². The second kappa shape index (κ2) is 3.28. The number of hydrogen-bond acceptors (Lipinski definition) is 2. The fourth-order valence-electron chi connectivity index (χ4n) is 2.40. The van der Waals surface area contributed by atoms with Gasteiger partial charge < -0.3 is 4.74 Å². The van der Waals surface area contributed by atoms with Crippen molar-refractivity contribution in [1.82, 2.24) is 9.38 Å². The van der Waals surface area contributed by atoms with Gasteiger partial charge in [0.25, 0.3) is 0 Å². The van der Waals surface area contributed by atoms with Crippen molar-refractivity contribution < 1.29 is 9.13 Å². The Morgan fingerprint density at radius 3 is 3.06 bits per heavy atom. The Bertz CT molecular complexity index is 549. The van der Waals surface area contributed by atoms with Crippen LogP contribution in [0.1, 0.15) is 31.3 Å². The van der Waals surface area contributed by atoms with E-state index in [2.05, 4.69) is 4.98 Å². The highest BCUT2D eigenvalue weighted by atomic mass is 19.1. The van der Waals surface area contributed by atoms with E-state index in [1.807, 2.05) is 13.8 Å². The van der Waals surface area contributed by atoms with Gasteiger partial charge in [0.1, 0.15) is 11.5 Å². The van der Waals surface area contributed by atoms with Crippen LogP contribution in [0, 0.1) is 5.82 Å². The molecule has 1 aliphatic rings. The third-order valence-electron chi connectivity index (χ3n) is 3.00.